The van der Waals surface area contributed by atoms with Crippen molar-refractivity contribution in [2.24, 2.45) is 5.92 Å². The van der Waals surface area contributed by atoms with Crippen molar-refractivity contribution in [2.45, 2.75) is 83.0 Å². The molecule has 1 saturated heterocycles. The number of ether oxygens (including phenoxy) is 1. The van der Waals surface area contributed by atoms with E-state index in [2.05, 4.69) is 20.5 Å². The number of aromatic nitrogens is 1. The van der Waals surface area contributed by atoms with Crippen LogP contribution in [0.15, 0.2) is 12.1 Å². The number of likely N-dealkylation sites (tertiary alicyclic amines) is 1. The van der Waals surface area contributed by atoms with E-state index >= 15 is 8.78 Å². The normalized spacial score (nSPS) is 23.1. The van der Waals surface area contributed by atoms with E-state index in [1.54, 1.807) is 27.7 Å². The van der Waals surface area contributed by atoms with Crippen LogP contribution >= 0.6 is 23.2 Å². The molecule has 0 radical (unpaired) electrons. The summed E-state index contributed by atoms with van der Waals surface area (Å²) < 4.78 is 35.3. The van der Waals surface area contributed by atoms with Crippen LogP contribution in [0.25, 0.3) is 0 Å². The number of rotatable bonds is 6. The summed E-state index contributed by atoms with van der Waals surface area (Å²) in [6.07, 6.45) is 1.45. The van der Waals surface area contributed by atoms with Crippen LogP contribution in [-0.4, -0.2) is 58.7 Å². The molecule has 1 aliphatic carbocycles. The molecule has 1 aliphatic heterocycles. The van der Waals surface area contributed by atoms with E-state index in [1.807, 2.05) is 0 Å². The number of alkyl halides is 2. The predicted molar refractivity (Wildman–Crippen MR) is 126 cm³/mol. The number of pyridine rings is 1. The van der Waals surface area contributed by atoms with Crippen LogP contribution in [0.5, 0.6) is 0 Å². The molecule has 34 heavy (non-hydrogen) atoms. The van der Waals surface area contributed by atoms with Gasteiger partial charge in [-0.2, -0.15) is 0 Å². The van der Waals surface area contributed by atoms with Crippen molar-refractivity contribution >= 4 is 35.2 Å². The van der Waals surface area contributed by atoms with Gasteiger partial charge >= 0.3 is 6.09 Å². The number of carbonyl (C=O) groups is 2. The van der Waals surface area contributed by atoms with Gasteiger partial charge in [0.2, 0.25) is 5.91 Å². The van der Waals surface area contributed by atoms with Crippen molar-refractivity contribution < 1.29 is 23.1 Å². The van der Waals surface area contributed by atoms with Gasteiger partial charge in [0.25, 0.3) is 5.92 Å². The van der Waals surface area contributed by atoms with Crippen LogP contribution in [0.2, 0.25) is 10.3 Å². The highest BCUT2D eigenvalue weighted by atomic mass is 35.5. The molecule has 3 rings (SSSR count). The second kappa shape index (κ2) is 10.5. The van der Waals surface area contributed by atoms with Crippen molar-refractivity contribution in [1.82, 2.24) is 20.5 Å². The number of alkyl carbamates (subject to hydrolysis) is 1. The highest BCUT2D eigenvalue weighted by Gasteiger charge is 2.45. The largest absolute Gasteiger partial charge is 0.444 e. The fourth-order valence-electron chi connectivity index (χ4n) is 4.47. The second-order valence-corrected chi connectivity index (χ2v) is 10.9. The SMILES string of the molecule is CC(NC(=O)OC(C)(C)C)C(=O)NC1CN(C2CCC(C(F)(F)c3cc(Cl)nc(Cl)c3)CC2)C1. The zero-order valence-corrected chi connectivity index (χ0v) is 21.3. The van der Waals surface area contributed by atoms with Crippen LogP contribution in [0.4, 0.5) is 13.6 Å². The molecule has 190 valence electrons. The lowest BCUT2D eigenvalue weighted by atomic mass is 9.79. The zero-order chi connectivity index (χ0) is 25.3. The van der Waals surface area contributed by atoms with Crippen molar-refractivity contribution in [2.75, 3.05) is 13.1 Å². The van der Waals surface area contributed by atoms with Crippen molar-refractivity contribution in [3.05, 3.63) is 28.0 Å². The van der Waals surface area contributed by atoms with Crippen LogP contribution in [0.1, 0.15) is 58.9 Å². The molecule has 2 aliphatic rings. The van der Waals surface area contributed by atoms with Gasteiger partial charge in [0.15, 0.2) is 0 Å². The molecular weight excluding hydrogens is 489 g/mol. The lowest BCUT2D eigenvalue weighted by Gasteiger charge is -2.47. The van der Waals surface area contributed by atoms with Gasteiger partial charge in [-0.25, -0.2) is 18.6 Å². The lowest BCUT2D eigenvalue weighted by molar-refractivity contribution is -0.125. The Morgan fingerprint density at radius 2 is 1.68 bits per heavy atom. The van der Waals surface area contributed by atoms with Crippen molar-refractivity contribution in [3.63, 3.8) is 0 Å². The Morgan fingerprint density at radius 1 is 1.12 bits per heavy atom. The first-order valence-corrected chi connectivity index (χ1v) is 12.3. The van der Waals surface area contributed by atoms with E-state index < -0.39 is 29.6 Å². The summed E-state index contributed by atoms with van der Waals surface area (Å²) >= 11 is 11.6. The maximum absolute atomic E-state index is 15.0. The van der Waals surface area contributed by atoms with E-state index in [0.29, 0.717) is 38.8 Å². The average molecular weight is 521 g/mol. The predicted octanol–water partition coefficient (Wildman–Crippen LogP) is 4.75. The Labute approximate surface area is 208 Å². The summed E-state index contributed by atoms with van der Waals surface area (Å²) in [5.74, 6) is -4.09. The summed E-state index contributed by atoms with van der Waals surface area (Å²) in [5.41, 5.74) is -0.836. The van der Waals surface area contributed by atoms with E-state index in [9.17, 15) is 9.59 Å². The van der Waals surface area contributed by atoms with E-state index in [0.717, 1.165) is 0 Å². The van der Waals surface area contributed by atoms with Gasteiger partial charge in [-0.3, -0.25) is 9.69 Å². The van der Waals surface area contributed by atoms with Crippen LogP contribution in [-0.2, 0) is 15.5 Å². The van der Waals surface area contributed by atoms with Gasteiger partial charge in [0, 0.05) is 30.6 Å². The van der Waals surface area contributed by atoms with E-state index in [-0.39, 0.29) is 33.9 Å². The number of halogens is 4. The number of nitrogens with one attached hydrogen (secondary N) is 2. The number of amides is 2. The third-order valence-corrected chi connectivity index (χ3v) is 6.64. The molecule has 1 aromatic rings. The van der Waals surface area contributed by atoms with Gasteiger partial charge in [0.1, 0.15) is 21.9 Å². The Bertz CT molecular complexity index is 878. The minimum absolute atomic E-state index is 0.0318. The van der Waals surface area contributed by atoms with Gasteiger partial charge in [-0.1, -0.05) is 23.2 Å². The average Bonchev–Trinajstić information content (AvgIpc) is 2.68. The Hall–Kier alpha value is -1.71. The molecule has 1 atom stereocenters. The van der Waals surface area contributed by atoms with E-state index in [1.165, 1.54) is 12.1 Å². The molecule has 0 bridgehead atoms. The third kappa shape index (κ3) is 6.92. The quantitative estimate of drug-likeness (QED) is 0.528. The van der Waals surface area contributed by atoms with Crippen molar-refractivity contribution in [3.8, 4) is 0 Å². The number of carbonyl (C=O) groups excluding carboxylic acids is 2. The first-order valence-electron chi connectivity index (χ1n) is 11.5. The third-order valence-electron chi connectivity index (χ3n) is 6.26. The highest BCUT2D eigenvalue weighted by Crippen LogP contribution is 2.45. The zero-order valence-electron chi connectivity index (χ0n) is 19.8. The van der Waals surface area contributed by atoms with Crippen LogP contribution in [0, 0.1) is 5.92 Å². The highest BCUT2D eigenvalue weighted by molar-refractivity contribution is 6.32. The lowest BCUT2D eigenvalue weighted by Crippen LogP contribution is -2.64. The molecule has 1 saturated carbocycles. The maximum atomic E-state index is 15.0. The molecule has 1 unspecified atom stereocenters. The topological polar surface area (TPSA) is 83.6 Å². The maximum Gasteiger partial charge on any atom is 0.408 e. The standard InChI is InChI=1S/C23H32Cl2F2N4O3/c1-13(28-21(33)34-22(2,3)4)20(32)29-16-11-31(12-16)17-7-5-14(6-8-17)23(26,27)15-9-18(24)30-19(25)10-15/h9-10,13-14,16-17H,5-8,11-12H2,1-4H3,(H,28,33)(H,29,32). The summed E-state index contributed by atoms with van der Waals surface area (Å²) in [4.78, 5) is 30.2. The smallest absolute Gasteiger partial charge is 0.408 e. The molecule has 0 aromatic carbocycles. The fourth-order valence-corrected chi connectivity index (χ4v) is 4.94. The molecule has 2 fully saturated rings. The molecule has 7 nitrogen and oxygen atoms in total. The Balaban J connectivity index is 1.42. The van der Waals surface area contributed by atoms with Crippen molar-refractivity contribution in [1.29, 1.82) is 0 Å². The second-order valence-electron chi connectivity index (χ2n) is 10.2. The summed E-state index contributed by atoms with van der Waals surface area (Å²) in [6, 6.07) is 1.82. The minimum atomic E-state index is -3.02. The van der Waals surface area contributed by atoms with Gasteiger partial charge < -0.3 is 15.4 Å². The summed E-state index contributed by atoms with van der Waals surface area (Å²) in [6.45, 7) is 8.16. The van der Waals surface area contributed by atoms with Crippen LogP contribution < -0.4 is 10.6 Å². The summed E-state index contributed by atoms with van der Waals surface area (Å²) in [7, 11) is 0. The number of hydrogen-bond donors (Lipinski definition) is 2. The molecule has 1 aromatic heterocycles. The monoisotopic (exact) mass is 520 g/mol. The fraction of sp³-hybridized carbons (Fsp3) is 0.696. The minimum Gasteiger partial charge on any atom is -0.444 e. The molecule has 2 heterocycles. The first-order chi connectivity index (χ1) is 15.7. The Kier molecular flexibility index (Phi) is 8.30. The molecule has 2 N–H and O–H groups in total. The number of nitrogens with zero attached hydrogens (tertiary/aromatic N) is 2. The summed E-state index contributed by atoms with van der Waals surface area (Å²) in [5, 5.41) is 5.36. The van der Waals surface area contributed by atoms with Gasteiger partial charge in [-0.15, -0.1) is 0 Å². The first kappa shape index (κ1) is 26.9. The Morgan fingerprint density at radius 3 is 2.21 bits per heavy atom. The molecule has 2 amide bonds. The van der Waals surface area contributed by atoms with E-state index in [4.69, 9.17) is 27.9 Å². The molecular formula is C23H32Cl2F2N4O3. The molecule has 11 heteroatoms. The van der Waals surface area contributed by atoms with Gasteiger partial charge in [0.05, 0.1) is 6.04 Å². The molecule has 0 spiro atoms. The number of hydrogen-bond acceptors (Lipinski definition) is 5. The van der Waals surface area contributed by atoms with Gasteiger partial charge in [-0.05, 0) is 65.5 Å². The van der Waals surface area contributed by atoms with Crippen LogP contribution in [0.3, 0.4) is 0 Å².